The van der Waals surface area contributed by atoms with Gasteiger partial charge in [0.1, 0.15) is 0 Å². The Labute approximate surface area is 80.7 Å². The average molecular weight is 213 g/mol. The molecule has 1 nitrogen and oxygen atoms in total. The number of thioether (sulfide) groups is 1. The molecule has 0 bridgehead atoms. The normalized spacial score (nSPS) is 24.9. The van der Waals surface area contributed by atoms with Crippen molar-refractivity contribution in [3.8, 4) is 0 Å². The molecule has 0 aromatic carbocycles. The highest BCUT2D eigenvalue weighted by Crippen LogP contribution is 2.33. The zero-order valence-electron chi connectivity index (χ0n) is 7.77. The van der Waals surface area contributed by atoms with E-state index in [1.165, 1.54) is 0 Å². The lowest BCUT2D eigenvalue weighted by Crippen LogP contribution is -2.49. The van der Waals surface area contributed by atoms with Crippen molar-refractivity contribution in [1.29, 1.82) is 0 Å². The molecule has 1 rings (SSSR count). The van der Waals surface area contributed by atoms with Crippen LogP contribution in [0.15, 0.2) is 0 Å². The van der Waals surface area contributed by atoms with Crippen LogP contribution in [0.25, 0.3) is 0 Å². The Morgan fingerprint density at radius 2 is 2.08 bits per heavy atom. The van der Waals surface area contributed by atoms with Crippen LogP contribution in [-0.4, -0.2) is 34.8 Å². The summed E-state index contributed by atoms with van der Waals surface area (Å²) < 4.78 is 35.6. The second kappa shape index (κ2) is 4.09. The standard InChI is InChI=1S/C8H14F3NS/c1-6(2)12-4-3-7(12)13-5-8(9,10)11/h6-7H,3-5H2,1-2H3. The van der Waals surface area contributed by atoms with E-state index < -0.39 is 11.9 Å². The lowest BCUT2D eigenvalue weighted by Gasteiger charge is -2.43. The molecule has 1 saturated heterocycles. The molecule has 0 N–H and O–H groups in total. The summed E-state index contributed by atoms with van der Waals surface area (Å²) in [6, 6.07) is 0.361. The molecule has 1 fully saturated rings. The van der Waals surface area contributed by atoms with Gasteiger partial charge in [0.05, 0.1) is 11.1 Å². The van der Waals surface area contributed by atoms with Crippen molar-refractivity contribution in [2.45, 2.75) is 37.9 Å². The van der Waals surface area contributed by atoms with Crippen LogP contribution in [-0.2, 0) is 0 Å². The molecule has 0 aromatic rings. The van der Waals surface area contributed by atoms with Gasteiger partial charge < -0.3 is 0 Å². The number of nitrogens with zero attached hydrogens (tertiary/aromatic N) is 1. The number of hydrogen-bond donors (Lipinski definition) is 0. The molecule has 0 radical (unpaired) electrons. The molecule has 0 spiro atoms. The molecule has 1 unspecified atom stereocenters. The molecular formula is C8H14F3NS. The molecule has 0 amide bonds. The van der Waals surface area contributed by atoms with E-state index in [1.807, 2.05) is 13.8 Å². The lowest BCUT2D eigenvalue weighted by molar-refractivity contribution is -0.105. The highest BCUT2D eigenvalue weighted by Gasteiger charge is 2.35. The summed E-state index contributed by atoms with van der Waals surface area (Å²) in [7, 11) is 0. The maximum Gasteiger partial charge on any atom is 0.397 e. The number of likely N-dealkylation sites (tertiary alicyclic amines) is 1. The summed E-state index contributed by atoms with van der Waals surface area (Å²) in [6.45, 7) is 4.97. The third kappa shape index (κ3) is 3.38. The van der Waals surface area contributed by atoms with Gasteiger partial charge in [-0.15, -0.1) is 11.8 Å². The molecule has 1 heterocycles. The van der Waals surface area contributed by atoms with Gasteiger partial charge in [-0.2, -0.15) is 13.2 Å². The van der Waals surface area contributed by atoms with Gasteiger partial charge >= 0.3 is 6.18 Å². The van der Waals surface area contributed by atoms with Crippen molar-refractivity contribution in [3.05, 3.63) is 0 Å². The van der Waals surface area contributed by atoms with Crippen LogP contribution in [0.3, 0.4) is 0 Å². The summed E-state index contributed by atoms with van der Waals surface area (Å²) in [5.74, 6) is -0.721. The minimum absolute atomic E-state index is 0.0848. The van der Waals surface area contributed by atoms with Gasteiger partial charge in [-0.25, -0.2) is 0 Å². The van der Waals surface area contributed by atoms with E-state index in [-0.39, 0.29) is 5.37 Å². The minimum Gasteiger partial charge on any atom is -0.289 e. The SMILES string of the molecule is CC(C)N1CCC1SCC(F)(F)F. The fraction of sp³-hybridized carbons (Fsp3) is 1.00. The predicted octanol–water partition coefficient (Wildman–Crippen LogP) is 2.72. The first-order valence-electron chi connectivity index (χ1n) is 4.34. The van der Waals surface area contributed by atoms with Gasteiger partial charge in [0.2, 0.25) is 0 Å². The number of rotatable bonds is 3. The van der Waals surface area contributed by atoms with Gasteiger partial charge in [-0.05, 0) is 20.3 Å². The molecule has 13 heavy (non-hydrogen) atoms. The summed E-state index contributed by atoms with van der Waals surface area (Å²) in [6.07, 6.45) is -3.14. The Balaban J connectivity index is 2.23. The van der Waals surface area contributed by atoms with Crippen molar-refractivity contribution in [2.24, 2.45) is 0 Å². The Bertz CT molecular complexity index is 169. The van der Waals surface area contributed by atoms with Gasteiger partial charge in [-0.1, -0.05) is 0 Å². The number of hydrogen-bond acceptors (Lipinski definition) is 2. The third-order valence-electron chi connectivity index (χ3n) is 2.11. The predicted molar refractivity (Wildman–Crippen MR) is 48.8 cm³/mol. The Morgan fingerprint density at radius 1 is 1.46 bits per heavy atom. The lowest BCUT2D eigenvalue weighted by atomic mass is 10.1. The van der Waals surface area contributed by atoms with E-state index in [1.54, 1.807) is 0 Å². The van der Waals surface area contributed by atoms with Crippen molar-refractivity contribution >= 4 is 11.8 Å². The van der Waals surface area contributed by atoms with Crippen LogP contribution in [0.1, 0.15) is 20.3 Å². The molecule has 5 heteroatoms. The van der Waals surface area contributed by atoms with E-state index in [2.05, 4.69) is 4.90 Å². The molecule has 0 saturated carbocycles. The topological polar surface area (TPSA) is 3.24 Å². The summed E-state index contributed by atoms with van der Waals surface area (Å²) >= 11 is 1.01. The average Bonchev–Trinajstić information content (AvgIpc) is 1.79. The highest BCUT2D eigenvalue weighted by atomic mass is 32.2. The van der Waals surface area contributed by atoms with E-state index in [4.69, 9.17) is 0 Å². The smallest absolute Gasteiger partial charge is 0.289 e. The van der Waals surface area contributed by atoms with Crippen molar-refractivity contribution < 1.29 is 13.2 Å². The zero-order chi connectivity index (χ0) is 10.1. The van der Waals surface area contributed by atoms with E-state index in [9.17, 15) is 13.2 Å². The zero-order valence-corrected chi connectivity index (χ0v) is 8.58. The highest BCUT2D eigenvalue weighted by molar-refractivity contribution is 7.99. The van der Waals surface area contributed by atoms with Crippen LogP contribution < -0.4 is 0 Å². The summed E-state index contributed by atoms with van der Waals surface area (Å²) in [5.41, 5.74) is 0. The molecule has 1 aliphatic heterocycles. The molecular weight excluding hydrogens is 199 g/mol. The quantitative estimate of drug-likeness (QED) is 0.709. The first-order valence-corrected chi connectivity index (χ1v) is 5.39. The minimum atomic E-state index is -4.02. The van der Waals surface area contributed by atoms with Gasteiger partial charge in [-0.3, -0.25) is 4.90 Å². The maximum absolute atomic E-state index is 11.9. The van der Waals surface area contributed by atoms with E-state index >= 15 is 0 Å². The van der Waals surface area contributed by atoms with E-state index in [0.717, 1.165) is 24.7 Å². The maximum atomic E-state index is 11.9. The second-order valence-corrected chi connectivity index (χ2v) is 4.67. The van der Waals surface area contributed by atoms with Gasteiger partial charge in [0.25, 0.3) is 0 Å². The first kappa shape index (κ1) is 11.2. The molecule has 0 aromatic heterocycles. The molecule has 78 valence electrons. The van der Waals surface area contributed by atoms with Crippen molar-refractivity contribution in [2.75, 3.05) is 12.3 Å². The van der Waals surface area contributed by atoms with Gasteiger partial charge in [0, 0.05) is 12.6 Å². The van der Waals surface area contributed by atoms with Crippen LogP contribution in [0, 0.1) is 0 Å². The Hall–Kier alpha value is 0.100. The summed E-state index contributed by atoms with van der Waals surface area (Å²) in [4.78, 5) is 2.09. The fourth-order valence-corrected chi connectivity index (χ4v) is 2.54. The van der Waals surface area contributed by atoms with Crippen LogP contribution >= 0.6 is 11.8 Å². The first-order chi connectivity index (χ1) is 5.90. The second-order valence-electron chi connectivity index (χ2n) is 3.50. The van der Waals surface area contributed by atoms with Gasteiger partial charge in [0.15, 0.2) is 0 Å². The van der Waals surface area contributed by atoms with Crippen molar-refractivity contribution in [3.63, 3.8) is 0 Å². The molecule has 1 atom stereocenters. The van der Waals surface area contributed by atoms with Crippen LogP contribution in [0.2, 0.25) is 0 Å². The third-order valence-corrected chi connectivity index (χ3v) is 3.49. The monoisotopic (exact) mass is 213 g/mol. The Kier molecular flexibility index (Phi) is 3.51. The number of halogens is 3. The summed E-state index contributed by atoms with van der Waals surface area (Å²) in [5, 5.41) is 0.0848. The fourth-order valence-electron chi connectivity index (χ4n) is 1.34. The molecule has 0 aliphatic carbocycles. The van der Waals surface area contributed by atoms with Crippen molar-refractivity contribution in [1.82, 2.24) is 4.90 Å². The van der Waals surface area contributed by atoms with Crippen LogP contribution in [0.4, 0.5) is 13.2 Å². The van der Waals surface area contributed by atoms with E-state index in [0.29, 0.717) is 6.04 Å². The Morgan fingerprint density at radius 3 is 2.38 bits per heavy atom. The molecule has 1 aliphatic rings. The van der Waals surface area contributed by atoms with Crippen LogP contribution in [0.5, 0.6) is 0 Å². The number of alkyl halides is 3. The largest absolute Gasteiger partial charge is 0.397 e.